The molecule has 0 radical (unpaired) electrons. The molecule has 1 aromatic carbocycles. The molecule has 0 bridgehead atoms. The summed E-state index contributed by atoms with van der Waals surface area (Å²) in [5.41, 5.74) is 0.0953. The highest BCUT2D eigenvalue weighted by Gasteiger charge is 2.03. The van der Waals surface area contributed by atoms with Gasteiger partial charge >= 0.3 is 5.97 Å². The third-order valence-electron chi connectivity index (χ3n) is 2.68. The molecule has 0 atom stereocenters. The Bertz CT molecular complexity index is 664. The van der Waals surface area contributed by atoms with Crippen LogP contribution in [0.15, 0.2) is 51.9 Å². The zero-order chi connectivity index (χ0) is 14.5. The van der Waals surface area contributed by atoms with Crippen LogP contribution in [0.25, 0.3) is 0 Å². The minimum absolute atomic E-state index is 0.114. The highest BCUT2D eigenvalue weighted by Crippen LogP contribution is 2.12. The lowest BCUT2D eigenvalue weighted by Crippen LogP contribution is -2.22. The van der Waals surface area contributed by atoms with Crippen molar-refractivity contribution in [2.45, 2.75) is 6.54 Å². The third-order valence-corrected chi connectivity index (χ3v) is 3.28. The van der Waals surface area contributed by atoms with Crippen molar-refractivity contribution in [3.05, 3.63) is 63.0 Å². The average Bonchev–Trinajstić information content (AvgIpc) is 2.44. The van der Waals surface area contributed by atoms with E-state index in [9.17, 15) is 9.59 Å². The van der Waals surface area contributed by atoms with Crippen molar-refractivity contribution in [3.8, 4) is 5.75 Å². The lowest BCUT2D eigenvalue weighted by atomic mass is 10.2. The molecule has 1 N–H and O–H groups in total. The van der Waals surface area contributed by atoms with Gasteiger partial charge in [-0.25, -0.2) is 4.79 Å². The van der Waals surface area contributed by atoms with E-state index in [0.717, 1.165) is 0 Å². The van der Waals surface area contributed by atoms with Gasteiger partial charge in [0, 0.05) is 6.20 Å². The number of rotatable bonds is 5. The smallest absolute Gasteiger partial charge is 0.335 e. The molecule has 0 unspecified atom stereocenters. The minimum Gasteiger partial charge on any atom is -0.492 e. The van der Waals surface area contributed by atoms with E-state index in [2.05, 4.69) is 15.9 Å². The zero-order valence-electron chi connectivity index (χ0n) is 10.5. The monoisotopic (exact) mass is 337 g/mol. The molecule has 1 heterocycles. The van der Waals surface area contributed by atoms with Crippen molar-refractivity contribution in [1.29, 1.82) is 0 Å². The summed E-state index contributed by atoms with van der Waals surface area (Å²) in [5, 5.41) is 8.77. The van der Waals surface area contributed by atoms with Gasteiger partial charge in [0.1, 0.15) is 12.4 Å². The Balaban J connectivity index is 1.94. The predicted molar refractivity (Wildman–Crippen MR) is 77.3 cm³/mol. The molecule has 2 aromatic rings. The van der Waals surface area contributed by atoms with Crippen LogP contribution in [-0.2, 0) is 6.54 Å². The number of ether oxygens (including phenoxy) is 1. The molecule has 0 aliphatic heterocycles. The Morgan fingerprint density at radius 1 is 1.25 bits per heavy atom. The molecule has 20 heavy (non-hydrogen) atoms. The summed E-state index contributed by atoms with van der Waals surface area (Å²) < 4.78 is 7.51. The molecule has 0 amide bonds. The largest absolute Gasteiger partial charge is 0.492 e. The van der Waals surface area contributed by atoms with Gasteiger partial charge in [-0.2, -0.15) is 0 Å². The van der Waals surface area contributed by atoms with Gasteiger partial charge in [-0.05, 0) is 52.3 Å². The number of aromatic nitrogens is 1. The van der Waals surface area contributed by atoms with E-state index < -0.39 is 5.97 Å². The molecule has 0 saturated carbocycles. The second-order valence-corrected chi connectivity index (χ2v) is 4.89. The van der Waals surface area contributed by atoms with Crippen molar-refractivity contribution in [3.63, 3.8) is 0 Å². The fourth-order valence-electron chi connectivity index (χ4n) is 1.64. The number of hydrogen-bond acceptors (Lipinski definition) is 3. The molecule has 0 fully saturated rings. The number of benzene rings is 1. The van der Waals surface area contributed by atoms with E-state index >= 15 is 0 Å². The molecule has 0 saturated heterocycles. The highest BCUT2D eigenvalue weighted by atomic mass is 79.9. The quantitative estimate of drug-likeness (QED) is 0.909. The summed E-state index contributed by atoms with van der Waals surface area (Å²) in [5.74, 6) is -0.407. The topological polar surface area (TPSA) is 68.5 Å². The number of pyridine rings is 1. The fraction of sp³-hybridized carbons (Fsp3) is 0.143. The van der Waals surface area contributed by atoms with Gasteiger partial charge in [0.05, 0.1) is 16.6 Å². The number of nitrogens with zero attached hydrogens (tertiary/aromatic N) is 1. The first-order chi connectivity index (χ1) is 9.58. The van der Waals surface area contributed by atoms with Gasteiger partial charge in [-0.15, -0.1) is 0 Å². The van der Waals surface area contributed by atoms with Crippen LogP contribution in [-0.4, -0.2) is 22.2 Å². The standard InChI is InChI=1S/C14H12BrNO4/c15-12-2-1-7-16(13(12)17)8-9-20-11-5-3-10(4-6-11)14(18)19/h1-7H,8-9H2,(H,18,19). The van der Waals surface area contributed by atoms with Crippen LogP contribution >= 0.6 is 15.9 Å². The van der Waals surface area contributed by atoms with E-state index in [1.54, 1.807) is 30.5 Å². The number of halogens is 1. The Labute approximate surface area is 123 Å². The van der Waals surface area contributed by atoms with Crippen molar-refractivity contribution in [2.24, 2.45) is 0 Å². The van der Waals surface area contributed by atoms with Crippen molar-refractivity contribution < 1.29 is 14.6 Å². The Morgan fingerprint density at radius 3 is 2.60 bits per heavy atom. The van der Waals surface area contributed by atoms with E-state index in [1.807, 2.05) is 0 Å². The van der Waals surface area contributed by atoms with Gasteiger partial charge in [-0.1, -0.05) is 0 Å². The van der Waals surface area contributed by atoms with Crippen molar-refractivity contribution >= 4 is 21.9 Å². The van der Waals surface area contributed by atoms with Gasteiger partial charge in [0.2, 0.25) is 0 Å². The first-order valence-corrected chi connectivity index (χ1v) is 6.68. The SMILES string of the molecule is O=C(O)c1ccc(OCCn2cccc(Br)c2=O)cc1. The Hall–Kier alpha value is -2.08. The Kier molecular flexibility index (Phi) is 4.57. The van der Waals surface area contributed by atoms with Crippen LogP contribution in [0.5, 0.6) is 5.75 Å². The molecule has 2 rings (SSSR count). The summed E-state index contributed by atoms with van der Waals surface area (Å²) in [7, 11) is 0. The molecule has 0 aliphatic carbocycles. The molecular weight excluding hydrogens is 326 g/mol. The van der Waals surface area contributed by atoms with Crippen LogP contribution in [0.1, 0.15) is 10.4 Å². The van der Waals surface area contributed by atoms with Gasteiger partial charge < -0.3 is 14.4 Å². The number of carboxylic acid groups (broad SMARTS) is 1. The van der Waals surface area contributed by atoms with Crippen molar-refractivity contribution in [2.75, 3.05) is 6.61 Å². The van der Waals surface area contributed by atoms with E-state index in [0.29, 0.717) is 23.4 Å². The summed E-state index contributed by atoms with van der Waals surface area (Å²) in [6.07, 6.45) is 1.68. The summed E-state index contributed by atoms with van der Waals surface area (Å²) in [4.78, 5) is 22.4. The molecule has 104 valence electrons. The van der Waals surface area contributed by atoms with Gasteiger partial charge in [0.15, 0.2) is 0 Å². The highest BCUT2D eigenvalue weighted by molar-refractivity contribution is 9.10. The first-order valence-electron chi connectivity index (χ1n) is 5.89. The molecule has 0 spiro atoms. The Morgan fingerprint density at radius 2 is 1.95 bits per heavy atom. The zero-order valence-corrected chi connectivity index (χ0v) is 12.0. The van der Waals surface area contributed by atoms with Gasteiger partial charge in [-0.3, -0.25) is 4.79 Å². The first kappa shape index (κ1) is 14.3. The normalized spacial score (nSPS) is 10.2. The average molecular weight is 338 g/mol. The maximum atomic E-state index is 11.7. The maximum Gasteiger partial charge on any atom is 0.335 e. The van der Waals surface area contributed by atoms with E-state index in [-0.39, 0.29) is 11.1 Å². The second-order valence-electron chi connectivity index (χ2n) is 4.03. The lowest BCUT2D eigenvalue weighted by molar-refractivity contribution is 0.0697. The van der Waals surface area contributed by atoms with Crippen LogP contribution in [0, 0.1) is 0 Å². The molecule has 0 aliphatic rings. The second kappa shape index (κ2) is 6.38. The van der Waals surface area contributed by atoms with Crippen LogP contribution in [0.3, 0.4) is 0 Å². The number of carboxylic acids is 1. The lowest BCUT2D eigenvalue weighted by Gasteiger charge is -2.08. The molecule has 6 heteroatoms. The van der Waals surface area contributed by atoms with Gasteiger partial charge in [0.25, 0.3) is 5.56 Å². The van der Waals surface area contributed by atoms with Crippen LogP contribution in [0.4, 0.5) is 0 Å². The molecule has 5 nitrogen and oxygen atoms in total. The summed E-state index contributed by atoms with van der Waals surface area (Å²) in [6, 6.07) is 9.59. The van der Waals surface area contributed by atoms with E-state index in [4.69, 9.17) is 9.84 Å². The van der Waals surface area contributed by atoms with Crippen molar-refractivity contribution in [1.82, 2.24) is 4.57 Å². The fourth-order valence-corrected chi connectivity index (χ4v) is 2.02. The number of hydrogen-bond donors (Lipinski definition) is 1. The maximum absolute atomic E-state index is 11.7. The van der Waals surface area contributed by atoms with Crippen LogP contribution < -0.4 is 10.3 Å². The number of aromatic carboxylic acids is 1. The summed E-state index contributed by atoms with van der Waals surface area (Å²) >= 11 is 3.17. The van der Waals surface area contributed by atoms with Crippen LogP contribution in [0.2, 0.25) is 0 Å². The molecule has 1 aromatic heterocycles. The number of carbonyl (C=O) groups is 1. The molecular formula is C14H12BrNO4. The van der Waals surface area contributed by atoms with E-state index in [1.165, 1.54) is 16.7 Å². The predicted octanol–water partition coefficient (Wildman–Crippen LogP) is 2.39. The third kappa shape index (κ3) is 3.48. The minimum atomic E-state index is -0.975. The summed E-state index contributed by atoms with van der Waals surface area (Å²) in [6.45, 7) is 0.738.